The molecule has 1 atom stereocenters. The molecule has 0 aliphatic carbocycles. The lowest BCUT2D eigenvalue weighted by Crippen LogP contribution is -2.52. The molecule has 0 amide bonds. The Kier molecular flexibility index (Phi) is 5.40. The number of hydrogen-bond acceptors (Lipinski definition) is 3. The topological polar surface area (TPSA) is 52.6 Å². The van der Waals surface area contributed by atoms with Crippen LogP contribution in [0.4, 0.5) is 0 Å². The summed E-state index contributed by atoms with van der Waals surface area (Å²) in [5.74, 6) is -0.111. The first-order chi connectivity index (χ1) is 8.07. The summed E-state index contributed by atoms with van der Waals surface area (Å²) in [7, 11) is 0. The van der Waals surface area contributed by atoms with Gasteiger partial charge in [-0.15, -0.1) is 0 Å². The molecular weight excluding hydrogens is 216 g/mol. The monoisotopic (exact) mass is 242 g/mol. The average Bonchev–Trinajstić information content (AvgIpc) is 2.78. The maximum Gasteiger partial charge on any atom is 0.323 e. The van der Waals surface area contributed by atoms with Crippen LogP contribution in [0.3, 0.4) is 0 Å². The van der Waals surface area contributed by atoms with Gasteiger partial charge in [-0.3, -0.25) is 4.79 Å². The van der Waals surface area contributed by atoms with Crippen molar-refractivity contribution in [2.24, 2.45) is 5.92 Å². The van der Waals surface area contributed by atoms with Crippen molar-refractivity contribution < 1.29 is 9.90 Å². The molecule has 0 radical (unpaired) electrons. The van der Waals surface area contributed by atoms with E-state index < -0.39 is 11.5 Å². The second-order valence-electron chi connectivity index (χ2n) is 5.02. The Morgan fingerprint density at radius 1 is 1.41 bits per heavy atom. The predicted molar refractivity (Wildman–Crippen MR) is 69.2 cm³/mol. The SMILES string of the molecule is CCN1CCC(CNC(CC)(CC)C(=O)O)C1. The van der Waals surface area contributed by atoms with Crippen LogP contribution in [0, 0.1) is 5.92 Å². The summed E-state index contributed by atoms with van der Waals surface area (Å²) >= 11 is 0. The Bertz CT molecular complexity index is 252. The van der Waals surface area contributed by atoms with E-state index in [2.05, 4.69) is 17.1 Å². The maximum absolute atomic E-state index is 11.3. The highest BCUT2D eigenvalue weighted by Gasteiger charge is 2.35. The van der Waals surface area contributed by atoms with Gasteiger partial charge in [-0.05, 0) is 38.3 Å². The zero-order valence-electron chi connectivity index (χ0n) is 11.3. The molecule has 100 valence electrons. The Balaban J connectivity index is 2.45. The van der Waals surface area contributed by atoms with Crippen molar-refractivity contribution in [3.05, 3.63) is 0 Å². The smallest absolute Gasteiger partial charge is 0.323 e. The van der Waals surface area contributed by atoms with E-state index >= 15 is 0 Å². The molecule has 2 N–H and O–H groups in total. The Morgan fingerprint density at radius 2 is 2.06 bits per heavy atom. The molecule has 1 fully saturated rings. The first-order valence-corrected chi connectivity index (χ1v) is 6.78. The van der Waals surface area contributed by atoms with Gasteiger partial charge in [0.25, 0.3) is 0 Å². The molecule has 0 spiro atoms. The van der Waals surface area contributed by atoms with Crippen LogP contribution in [-0.4, -0.2) is 47.7 Å². The molecule has 0 aromatic carbocycles. The fraction of sp³-hybridized carbons (Fsp3) is 0.923. The number of nitrogens with zero attached hydrogens (tertiary/aromatic N) is 1. The Hall–Kier alpha value is -0.610. The van der Waals surface area contributed by atoms with Crippen molar-refractivity contribution in [3.8, 4) is 0 Å². The summed E-state index contributed by atoms with van der Waals surface area (Å²) < 4.78 is 0. The van der Waals surface area contributed by atoms with Crippen LogP contribution in [0.15, 0.2) is 0 Å². The standard InChI is InChI=1S/C13H26N2O2/c1-4-13(5-2,12(16)17)14-9-11-7-8-15(6-3)10-11/h11,14H,4-10H2,1-3H3,(H,16,17). The summed E-state index contributed by atoms with van der Waals surface area (Å²) in [6.07, 6.45) is 2.47. The minimum Gasteiger partial charge on any atom is -0.480 e. The van der Waals surface area contributed by atoms with Gasteiger partial charge in [-0.2, -0.15) is 0 Å². The van der Waals surface area contributed by atoms with E-state index in [1.54, 1.807) is 0 Å². The predicted octanol–water partition coefficient (Wildman–Crippen LogP) is 1.56. The summed E-state index contributed by atoms with van der Waals surface area (Å²) in [5.41, 5.74) is -0.723. The molecule has 1 aliphatic rings. The third-order valence-electron chi connectivity index (χ3n) is 4.16. The normalized spacial score (nSPS) is 21.9. The van der Waals surface area contributed by atoms with Gasteiger partial charge >= 0.3 is 5.97 Å². The third kappa shape index (κ3) is 3.42. The molecule has 0 aromatic heterocycles. The van der Waals surface area contributed by atoms with E-state index in [0.29, 0.717) is 18.8 Å². The Morgan fingerprint density at radius 3 is 2.47 bits per heavy atom. The number of hydrogen-bond donors (Lipinski definition) is 2. The molecule has 4 nitrogen and oxygen atoms in total. The molecule has 4 heteroatoms. The molecule has 1 unspecified atom stereocenters. The fourth-order valence-corrected chi connectivity index (χ4v) is 2.58. The van der Waals surface area contributed by atoms with Crippen LogP contribution >= 0.6 is 0 Å². The van der Waals surface area contributed by atoms with Crippen LogP contribution < -0.4 is 5.32 Å². The summed E-state index contributed by atoms with van der Waals surface area (Å²) in [6, 6.07) is 0. The number of aliphatic carboxylic acids is 1. The molecule has 0 bridgehead atoms. The van der Waals surface area contributed by atoms with Gasteiger partial charge in [-0.1, -0.05) is 20.8 Å². The van der Waals surface area contributed by atoms with Gasteiger partial charge in [0.15, 0.2) is 0 Å². The quantitative estimate of drug-likeness (QED) is 0.711. The Labute approximate surface area is 104 Å². The average molecular weight is 242 g/mol. The van der Waals surface area contributed by atoms with Crippen LogP contribution in [0.1, 0.15) is 40.0 Å². The van der Waals surface area contributed by atoms with Crippen LogP contribution in [-0.2, 0) is 4.79 Å². The number of carbonyl (C=O) groups is 1. The largest absolute Gasteiger partial charge is 0.480 e. The minimum atomic E-state index is -0.723. The van der Waals surface area contributed by atoms with Crippen LogP contribution in [0.25, 0.3) is 0 Å². The zero-order valence-corrected chi connectivity index (χ0v) is 11.3. The molecule has 17 heavy (non-hydrogen) atoms. The number of carboxylic acids is 1. The van der Waals surface area contributed by atoms with E-state index in [9.17, 15) is 9.90 Å². The highest BCUT2D eigenvalue weighted by molar-refractivity contribution is 5.78. The van der Waals surface area contributed by atoms with Crippen molar-refractivity contribution in [2.75, 3.05) is 26.2 Å². The second-order valence-corrected chi connectivity index (χ2v) is 5.02. The van der Waals surface area contributed by atoms with Crippen molar-refractivity contribution in [2.45, 2.75) is 45.6 Å². The maximum atomic E-state index is 11.3. The van der Waals surface area contributed by atoms with E-state index in [1.807, 2.05) is 13.8 Å². The van der Waals surface area contributed by atoms with Gasteiger partial charge in [0.2, 0.25) is 0 Å². The summed E-state index contributed by atoms with van der Waals surface area (Å²) in [4.78, 5) is 13.8. The third-order valence-corrected chi connectivity index (χ3v) is 4.16. The van der Waals surface area contributed by atoms with E-state index in [4.69, 9.17) is 0 Å². The molecule has 1 heterocycles. The molecule has 1 aliphatic heterocycles. The van der Waals surface area contributed by atoms with Crippen LogP contribution in [0.2, 0.25) is 0 Å². The second kappa shape index (κ2) is 6.36. The highest BCUT2D eigenvalue weighted by Crippen LogP contribution is 2.19. The first-order valence-electron chi connectivity index (χ1n) is 6.78. The van der Waals surface area contributed by atoms with E-state index in [-0.39, 0.29) is 0 Å². The van der Waals surface area contributed by atoms with Crippen LogP contribution in [0.5, 0.6) is 0 Å². The molecule has 0 aromatic rings. The zero-order chi connectivity index (χ0) is 12.9. The fourth-order valence-electron chi connectivity index (χ4n) is 2.58. The molecule has 1 rings (SSSR count). The van der Waals surface area contributed by atoms with Crippen molar-refractivity contribution in [1.82, 2.24) is 10.2 Å². The summed E-state index contributed by atoms with van der Waals surface area (Å²) in [6.45, 7) is 10.2. The van der Waals surface area contributed by atoms with Gasteiger partial charge in [0.1, 0.15) is 5.54 Å². The van der Waals surface area contributed by atoms with E-state index in [0.717, 1.165) is 26.2 Å². The number of carboxylic acid groups (broad SMARTS) is 1. The van der Waals surface area contributed by atoms with Crippen molar-refractivity contribution in [3.63, 3.8) is 0 Å². The molecular formula is C13H26N2O2. The van der Waals surface area contributed by atoms with Crippen molar-refractivity contribution >= 4 is 5.97 Å². The lowest BCUT2D eigenvalue weighted by atomic mass is 9.92. The lowest BCUT2D eigenvalue weighted by Gasteiger charge is -2.29. The first kappa shape index (κ1) is 14.5. The van der Waals surface area contributed by atoms with Gasteiger partial charge < -0.3 is 15.3 Å². The summed E-state index contributed by atoms with van der Waals surface area (Å²) in [5, 5.41) is 12.6. The van der Waals surface area contributed by atoms with Gasteiger partial charge in [-0.25, -0.2) is 0 Å². The van der Waals surface area contributed by atoms with Crippen molar-refractivity contribution in [1.29, 1.82) is 0 Å². The minimum absolute atomic E-state index is 0.603. The lowest BCUT2D eigenvalue weighted by molar-refractivity contribution is -0.145. The van der Waals surface area contributed by atoms with E-state index in [1.165, 1.54) is 6.42 Å². The number of likely N-dealkylation sites (tertiary alicyclic amines) is 1. The molecule has 1 saturated heterocycles. The number of nitrogens with one attached hydrogen (secondary N) is 1. The number of rotatable bonds is 7. The van der Waals surface area contributed by atoms with Gasteiger partial charge in [0.05, 0.1) is 0 Å². The van der Waals surface area contributed by atoms with Gasteiger partial charge in [0, 0.05) is 13.1 Å². The molecule has 0 saturated carbocycles. The highest BCUT2D eigenvalue weighted by atomic mass is 16.4.